The normalized spacial score (nSPS) is 23.1. The van der Waals surface area contributed by atoms with Crippen LogP contribution in [0.3, 0.4) is 0 Å². The van der Waals surface area contributed by atoms with E-state index < -0.39 is 0 Å². The fraction of sp³-hybridized carbons (Fsp3) is 0.462. The summed E-state index contributed by atoms with van der Waals surface area (Å²) in [6.45, 7) is 2.62. The molecular formula is C13H15FINO2. The molecule has 2 rings (SSSR count). The Morgan fingerprint density at radius 1 is 1.61 bits per heavy atom. The molecule has 1 amide bonds. The maximum atomic E-state index is 13.4. The van der Waals surface area contributed by atoms with Gasteiger partial charge in [0.05, 0.1) is 21.3 Å². The molecule has 1 heterocycles. The molecule has 1 aliphatic rings. The minimum atomic E-state index is -0.317. The highest BCUT2D eigenvalue weighted by atomic mass is 127. The summed E-state index contributed by atoms with van der Waals surface area (Å²) in [4.78, 5) is 12.1. The first-order chi connectivity index (χ1) is 8.63. The third kappa shape index (κ3) is 2.83. The van der Waals surface area contributed by atoms with Crippen LogP contribution < -0.4 is 5.32 Å². The maximum Gasteiger partial charge on any atom is 0.230 e. The lowest BCUT2D eigenvalue weighted by molar-refractivity contribution is -0.121. The molecule has 0 spiro atoms. The van der Waals surface area contributed by atoms with E-state index in [-0.39, 0.29) is 23.7 Å². The van der Waals surface area contributed by atoms with Gasteiger partial charge in [0.1, 0.15) is 5.82 Å². The van der Waals surface area contributed by atoms with Crippen LogP contribution in [0.25, 0.3) is 0 Å². The molecule has 18 heavy (non-hydrogen) atoms. The van der Waals surface area contributed by atoms with Crippen molar-refractivity contribution in [3.63, 3.8) is 0 Å². The standard InChI is InChI=1S/C13H15FINO2/c1-2-11-8(6-7-18-11)13(17)16-10-5-3-4-9(14)12(10)15/h3-5,8,11H,2,6-7H2,1H3,(H,16,17). The van der Waals surface area contributed by atoms with E-state index >= 15 is 0 Å². The van der Waals surface area contributed by atoms with Gasteiger partial charge in [-0.3, -0.25) is 4.79 Å². The molecule has 98 valence electrons. The van der Waals surface area contributed by atoms with Gasteiger partial charge in [0.2, 0.25) is 5.91 Å². The van der Waals surface area contributed by atoms with Gasteiger partial charge in [0.15, 0.2) is 0 Å². The van der Waals surface area contributed by atoms with Gasteiger partial charge in [-0.05, 0) is 47.6 Å². The molecule has 2 unspecified atom stereocenters. The number of hydrogen-bond donors (Lipinski definition) is 1. The van der Waals surface area contributed by atoms with Crippen LogP contribution in [0.4, 0.5) is 10.1 Å². The summed E-state index contributed by atoms with van der Waals surface area (Å²) < 4.78 is 19.3. The number of rotatable bonds is 3. The lowest BCUT2D eigenvalue weighted by Crippen LogP contribution is -2.29. The Labute approximate surface area is 119 Å². The number of ether oxygens (including phenoxy) is 1. The van der Waals surface area contributed by atoms with E-state index in [1.807, 2.05) is 29.5 Å². The molecule has 0 aromatic heterocycles. The van der Waals surface area contributed by atoms with Crippen molar-refractivity contribution in [3.05, 3.63) is 27.6 Å². The molecule has 1 fully saturated rings. The molecule has 5 heteroatoms. The summed E-state index contributed by atoms with van der Waals surface area (Å²) in [6, 6.07) is 4.68. The van der Waals surface area contributed by atoms with Crippen molar-refractivity contribution in [1.29, 1.82) is 0 Å². The fourth-order valence-electron chi connectivity index (χ4n) is 2.18. The molecule has 1 aliphatic heterocycles. The van der Waals surface area contributed by atoms with Crippen molar-refractivity contribution >= 4 is 34.2 Å². The van der Waals surface area contributed by atoms with Crippen LogP contribution >= 0.6 is 22.6 Å². The zero-order valence-corrected chi connectivity index (χ0v) is 12.2. The van der Waals surface area contributed by atoms with Crippen molar-refractivity contribution in [3.8, 4) is 0 Å². The number of carbonyl (C=O) groups is 1. The molecule has 1 N–H and O–H groups in total. The van der Waals surface area contributed by atoms with Crippen molar-refractivity contribution in [2.24, 2.45) is 5.92 Å². The van der Waals surface area contributed by atoms with E-state index in [0.29, 0.717) is 15.9 Å². The van der Waals surface area contributed by atoms with Gasteiger partial charge in [0, 0.05) is 6.61 Å². The number of halogens is 2. The van der Waals surface area contributed by atoms with E-state index in [1.54, 1.807) is 12.1 Å². The van der Waals surface area contributed by atoms with Gasteiger partial charge in [0.25, 0.3) is 0 Å². The summed E-state index contributed by atoms with van der Waals surface area (Å²) in [6.07, 6.45) is 1.53. The summed E-state index contributed by atoms with van der Waals surface area (Å²) in [5, 5.41) is 2.79. The molecule has 3 nitrogen and oxygen atoms in total. The number of carbonyl (C=O) groups excluding carboxylic acids is 1. The average Bonchev–Trinajstić information content (AvgIpc) is 2.83. The average molecular weight is 363 g/mol. The zero-order valence-electron chi connectivity index (χ0n) is 10.1. The molecular weight excluding hydrogens is 348 g/mol. The number of hydrogen-bond acceptors (Lipinski definition) is 2. The molecule has 1 aromatic carbocycles. The van der Waals surface area contributed by atoms with E-state index in [1.165, 1.54) is 6.07 Å². The molecule has 2 atom stereocenters. The smallest absolute Gasteiger partial charge is 0.230 e. The first-order valence-corrected chi connectivity index (χ1v) is 7.07. The number of amides is 1. The van der Waals surface area contributed by atoms with E-state index in [4.69, 9.17) is 4.74 Å². The minimum absolute atomic E-state index is 0.0174. The first kappa shape index (κ1) is 13.7. The van der Waals surface area contributed by atoms with Crippen LogP contribution in [0.15, 0.2) is 18.2 Å². The first-order valence-electron chi connectivity index (χ1n) is 6.00. The van der Waals surface area contributed by atoms with Crippen molar-refractivity contribution in [1.82, 2.24) is 0 Å². The third-order valence-electron chi connectivity index (χ3n) is 3.16. The molecule has 0 aliphatic carbocycles. The molecule has 1 saturated heterocycles. The number of benzene rings is 1. The lowest BCUT2D eigenvalue weighted by atomic mass is 9.98. The van der Waals surface area contributed by atoms with E-state index in [2.05, 4.69) is 5.32 Å². The quantitative estimate of drug-likeness (QED) is 0.838. The Bertz CT molecular complexity index is 453. The Hall–Kier alpha value is -0.690. The third-order valence-corrected chi connectivity index (χ3v) is 4.25. The second kappa shape index (κ2) is 5.97. The monoisotopic (exact) mass is 363 g/mol. The Morgan fingerprint density at radius 3 is 3.11 bits per heavy atom. The molecule has 0 saturated carbocycles. The van der Waals surface area contributed by atoms with Crippen LogP contribution in [0, 0.1) is 15.3 Å². The van der Waals surface area contributed by atoms with Crippen LogP contribution in [-0.2, 0) is 9.53 Å². The van der Waals surface area contributed by atoms with Crippen LogP contribution in [0.5, 0.6) is 0 Å². The fourth-order valence-corrected chi connectivity index (χ4v) is 2.67. The Balaban J connectivity index is 2.09. The Morgan fingerprint density at radius 2 is 2.39 bits per heavy atom. The number of nitrogens with one attached hydrogen (secondary N) is 1. The van der Waals surface area contributed by atoms with Crippen LogP contribution in [0.2, 0.25) is 0 Å². The second-order valence-electron chi connectivity index (χ2n) is 4.30. The highest BCUT2D eigenvalue weighted by Gasteiger charge is 2.32. The van der Waals surface area contributed by atoms with Gasteiger partial charge in [-0.1, -0.05) is 13.0 Å². The topological polar surface area (TPSA) is 38.3 Å². The summed E-state index contributed by atoms with van der Waals surface area (Å²) in [5.41, 5.74) is 0.530. The van der Waals surface area contributed by atoms with E-state index in [9.17, 15) is 9.18 Å². The van der Waals surface area contributed by atoms with Crippen molar-refractivity contribution < 1.29 is 13.9 Å². The molecule has 0 radical (unpaired) electrons. The van der Waals surface area contributed by atoms with Gasteiger partial charge >= 0.3 is 0 Å². The second-order valence-corrected chi connectivity index (χ2v) is 5.38. The summed E-state index contributed by atoms with van der Waals surface area (Å²) in [5.74, 6) is -0.528. The predicted molar refractivity (Wildman–Crippen MR) is 75.9 cm³/mol. The van der Waals surface area contributed by atoms with Gasteiger partial charge in [-0.15, -0.1) is 0 Å². The van der Waals surface area contributed by atoms with Gasteiger partial charge in [-0.2, -0.15) is 0 Å². The van der Waals surface area contributed by atoms with E-state index in [0.717, 1.165) is 12.8 Å². The summed E-state index contributed by atoms with van der Waals surface area (Å²) in [7, 11) is 0. The SMILES string of the molecule is CCC1OCCC1C(=O)Nc1cccc(F)c1I. The molecule has 1 aromatic rings. The van der Waals surface area contributed by atoms with Gasteiger partial charge < -0.3 is 10.1 Å². The minimum Gasteiger partial charge on any atom is -0.377 e. The summed E-state index contributed by atoms with van der Waals surface area (Å²) >= 11 is 1.90. The maximum absolute atomic E-state index is 13.4. The predicted octanol–water partition coefficient (Wildman–Crippen LogP) is 3.18. The molecule has 0 bridgehead atoms. The van der Waals surface area contributed by atoms with Crippen molar-refractivity contribution in [2.45, 2.75) is 25.9 Å². The van der Waals surface area contributed by atoms with Gasteiger partial charge in [-0.25, -0.2) is 4.39 Å². The highest BCUT2D eigenvalue weighted by molar-refractivity contribution is 14.1. The number of anilines is 1. The van der Waals surface area contributed by atoms with Crippen molar-refractivity contribution in [2.75, 3.05) is 11.9 Å². The Kier molecular flexibility index (Phi) is 4.55. The highest BCUT2D eigenvalue weighted by Crippen LogP contribution is 2.27. The van der Waals surface area contributed by atoms with Crippen LogP contribution in [-0.4, -0.2) is 18.6 Å². The lowest BCUT2D eigenvalue weighted by Gasteiger charge is -2.17. The van der Waals surface area contributed by atoms with Crippen LogP contribution in [0.1, 0.15) is 19.8 Å². The largest absolute Gasteiger partial charge is 0.377 e. The zero-order chi connectivity index (χ0) is 13.1.